The summed E-state index contributed by atoms with van der Waals surface area (Å²) in [6, 6.07) is 0.377. The lowest BCUT2D eigenvalue weighted by Crippen LogP contribution is -2.50. The Hall–Kier alpha value is -1.47. The highest BCUT2D eigenvalue weighted by molar-refractivity contribution is 6.30. The first kappa shape index (κ1) is 15.4. The largest absolute Gasteiger partial charge is 0.378 e. The maximum Gasteiger partial charge on any atom is 0.245 e. The minimum atomic E-state index is -1.19. The minimum absolute atomic E-state index is 0.0313. The molecule has 0 unspecified atom stereocenters. The summed E-state index contributed by atoms with van der Waals surface area (Å²) in [6.07, 6.45) is 0.147. The first-order valence-corrected chi connectivity index (χ1v) is 7.52. The molecule has 22 heavy (non-hydrogen) atoms. The second kappa shape index (κ2) is 6.34. The molecule has 2 atom stereocenters. The molecule has 0 aliphatic carbocycles. The highest BCUT2D eigenvalue weighted by Gasteiger charge is 2.41. The molecule has 2 saturated heterocycles. The molecule has 1 amide bonds. The van der Waals surface area contributed by atoms with E-state index in [0.29, 0.717) is 26.3 Å². The number of pyridine rings is 1. The fourth-order valence-electron chi connectivity index (χ4n) is 2.87. The lowest BCUT2D eigenvalue weighted by atomic mass is 10.1. The van der Waals surface area contributed by atoms with E-state index in [1.165, 1.54) is 11.1 Å². The summed E-state index contributed by atoms with van der Waals surface area (Å²) < 4.78 is 33.1. The third-order valence-electron chi connectivity index (χ3n) is 3.92. The summed E-state index contributed by atoms with van der Waals surface area (Å²) in [5.74, 6) is -0.892. The smallest absolute Gasteiger partial charge is 0.245 e. The van der Waals surface area contributed by atoms with Crippen LogP contribution in [0.4, 0.5) is 14.6 Å². The summed E-state index contributed by atoms with van der Waals surface area (Å²) in [4.78, 5) is 19.6. The summed E-state index contributed by atoms with van der Waals surface area (Å²) in [7, 11) is 0. The van der Waals surface area contributed by atoms with Gasteiger partial charge in [0.2, 0.25) is 5.91 Å². The molecule has 2 fully saturated rings. The Morgan fingerprint density at radius 3 is 2.82 bits per heavy atom. The molecule has 0 saturated carbocycles. The number of morpholine rings is 1. The van der Waals surface area contributed by atoms with Crippen LogP contribution in [0.2, 0.25) is 5.02 Å². The lowest BCUT2D eigenvalue weighted by molar-refractivity contribution is -0.136. The van der Waals surface area contributed by atoms with E-state index < -0.39 is 18.0 Å². The topological polar surface area (TPSA) is 45.7 Å². The van der Waals surface area contributed by atoms with Crippen LogP contribution in [0, 0.1) is 5.82 Å². The second-order valence-corrected chi connectivity index (χ2v) is 5.83. The van der Waals surface area contributed by atoms with E-state index in [0.717, 1.165) is 6.07 Å². The van der Waals surface area contributed by atoms with Gasteiger partial charge in [0.15, 0.2) is 11.6 Å². The SMILES string of the molecule is O=C([C@@H]1C[C@@H](F)CN1c1ncc(Cl)cc1F)N1CCOCC1. The van der Waals surface area contributed by atoms with Crippen molar-refractivity contribution in [1.82, 2.24) is 9.88 Å². The Kier molecular flexibility index (Phi) is 4.44. The van der Waals surface area contributed by atoms with E-state index in [2.05, 4.69) is 4.98 Å². The van der Waals surface area contributed by atoms with Crippen molar-refractivity contribution in [3.05, 3.63) is 23.1 Å². The molecule has 0 bridgehead atoms. The third kappa shape index (κ3) is 3.01. The van der Waals surface area contributed by atoms with E-state index in [-0.39, 0.29) is 29.7 Å². The van der Waals surface area contributed by atoms with Gasteiger partial charge in [0.1, 0.15) is 12.2 Å². The van der Waals surface area contributed by atoms with Gasteiger partial charge < -0.3 is 14.5 Å². The van der Waals surface area contributed by atoms with Gasteiger partial charge in [-0.25, -0.2) is 13.8 Å². The molecule has 8 heteroatoms. The fourth-order valence-corrected chi connectivity index (χ4v) is 3.01. The molecular formula is C14H16ClF2N3O2. The highest BCUT2D eigenvalue weighted by Crippen LogP contribution is 2.30. The molecule has 3 rings (SSSR count). The number of carbonyl (C=O) groups excluding carboxylic acids is 1. The standard InChI is InChI=1S/C14H16ClF2N3O2/c15-9-5-11(17)13(18-7-9)20-8-10(16)6-12(20)14(21)19-1-3-22-4-2-19/h5,7,10,12H,1-4,6,8H2/t10-,12+/m1/s1. The van der Waals surface area contributed by atoms with Crippen LogP contribution in [0.5, 0.6) is 0 Å². The minimum Gasteiger partial charge on any atom is -0.378 e. The Balaban J connectivity index is 1.83. The van der Waals surface area contributed by atoms with Crippen molar-refractivity contribution < 1.29 is 18.3 Å². The number of halogens is 3. The van der Waals surface area contributed by atoms with Gasteiger partial charge in [0.05, 0.1) is 24.8 Å². The Labute approximate surface area is 131 Å². The van der Waals surface area contributed by atoms with Crippen LogP contribution in [-0.4, -0.2) is 60.9 Å². The molecule has 5 nitrogen and oxygen atoms in total. The van der Waals surface area contributed by atoms with Gasteiger partial charge in [-0.15, -0.1) is 0 Å². The first-order valence-electron chi connectivity index (χ1n) is 7.14. The molecule has 2 aliphatic heterocycles. The van der Waals surface area contributed by atoms with Gasteiger partial charge in [0.25, 0.3) is 0 Å². The maximum absolute atomic E-state index is 14.1. The number of nitrogens with zero attached hydrogens (tertiary/aromatic N) is 3. The molecule has 0 spiro atoms. The van der Waals surface area contributed by atoms with Gasteiger partial charge in [-0.1, -0.05) is 11.6 Å². The summed E-state index contributed by atoms with van der Waals surface area (Å²) in [5.41, 5.74) is 0. The van der Waals surface area contributed by atoms with Gasteiger partial charge >= 0.3 is 0 Å². The monoisotopic (exact) mass is 331 g/mol. The van der Waals surface area contributed by atoms with Gasteiger partial charge in [-0.3, -0.25) is 4.79 Å². The predicted molar refractivity (Wildman–Crippen MR) is 77.3 cm³/mol. The average molecular weight is 332 g/mol. The number of hydrogen-bond donors (Lipinski definition) is 0. The highest BCUT2D eigenvalue weighted by atomic mass is 35.5. The van der Waals surface area contributed by atoms with E-state index in [4.69, 9.17) is 16.3 Å². The number of rotatable bonds is 2. The van der Waals surface area contributed by atoms with Crippen molar-refractivity contribution in [2.45, 2.75) is 18.6 Å². The van der Waals surface area contributed by atoms with Crippen LogP contribution in [0.1, 0.15) is 6.42 Å². The molecule has 0 N–H and O–H groups in total. The van der Waals surface area contributed by atoms with Gasteiger partial charge in [-0.05, 0) is 6.07 Å². The van der Waals surface area contributed by atoms with Crippen LogP contribution in [0.15, 0.2) is 12.3 Å². The zero-order valence-corrected chi connectivity index (χ0v) is 12.6. The van der Waals surface area contributed by atoms with Crippen LogP contribution < -0.4 is 4.90 Å². The van der Waals surface area contributed by atoms with Crippen LogP contribution >= 0.6 is 11.6 Å². The Morgan fingerprint density at radius 2 is 2.14 bits per heavy atom. The van der Waals surface area contributed by atoms with E-state index in [9.17, 15) is 13.6 Å². The molecular weight excluding hydrogens is 316 g/mol. The van der Waals surface area contributed by atoms with Gasteiger partial charge in [0, 0.05) is 25.7 Å². The average Bonchev–Trinajstić information content (AvgIpc) is 2.89. The summed E-state index contributed by atoms with van der Waals surface area (Å²) in [6.45, 7) is 1.82. The Morgan fingerprint density at radius 1 is 1.41 bits per heavy atom. The zero-order chi connectivity index (χ0) is 15.7. The van der Waals surface area contributed by atoms with Crippen LogP contribution in [0.3, 0.4) is 0 Å². The van der Waals surface area contributed by atoms with Crippen LogP contribution in [-0.2, 0) is 9.53 Å². The number of carbonyl (C=O) groups is 1. The van der Waals surface area contributed by atoms with E-state index >= 15 is 0 Å². The molecule has 3 heterocycles. The van der Waals surface area contributed by atoms with Crippen molar-refractivity contribution in [3.8, 4) is 0 Å². The number of alkyl halides is 1. The van der Waals surface area contributed by atoms with Crippen molar-refractivity contribution in [3.63, 3.8) is 0 Å². The van der Waals surface area contributed by atoms with E-state index in [1.54, 1.807) is 4.90 Å². The molecule has 0 radical (unpaired) electrons. The maximum atomic E-state index is 14.1. The predicted octanol–water partition coefficient (Wildman–Crippen LogP) is 1.65. The number of amides is 1. The molecule has 0 aromatic carbocycles. The normalized spacial score (nSPS) is 25.6. The first-order chi connectivity index (χ1) is 10.6. The summed E-state index contributed by atoms with van der Waals surface area (Å²) >= 11 is 5.69. The van der Waals surface area contributed by atoms with E-state index in [1.807, 2.05) is 0 Å². The second-order valence-electron chi connectivity index (χ2n) is 5.40. The lowest BCUT2D eigenvalue weighted by Gasteiger charge is -2.32. The molecule has 1 aromatic rings. The van der Waals surface area contributed by atoms with Crippen molar-refractivity contribution >= 4 is 23.3 Å². The number of anilines is 1. The van der Waals surface area contributed by atoms with Crippen molar-refractivity contribution in [1.29, 1.82) is 0 Å². The van der Waals surface area contributed by atoms with Crippen LogP contribution in [0.25, 0.3) is 0 Å². The fraction of sp³-hybridized carbons (Fsp3) is 0.571. The van der Waals surface area contributed by atoms with Crippen molar-refractivity contribution in [2.24, 2.45) is 0 Å². The number of ether oxygens (including phenoxy) is 1. The molecule has 1 aromatic heterocycles. The quantitative estimate of drug-likeness (QED) is 0.826. The zero-order valence-electron chi connectivity index (χ0n) is 11.8. The van der Waals surface area contributed by atoms with Gasteiger partial charge in [-0.2, -0.15) is 0 Å². The van der Waals surface area contributed by atoms with Crippen molar-refractivity contribution in [2.75, 3.05) is 37.7 Å². The number of aromatic nitrogens is 1. The Bertz CT molecular complexity index is 569. The number of hydrogen-bond acceptors (Lipinski definition) is 4. The summed E-state index contributed by atoms with van der Waals surface area (Å²) in [5, 5.41) is 0.160. The molecule has 2 aliphatic rings. The third-order valence-corrected chi connectivity index (χ3v) is 4.12. The molecule has 120 valence electrons.